The second-order valence-electron chi connectivity index (χ2n) is 5.58. The van der Waals surface area contributed by atoms with E-state index in [-0.39, 0.29) is 23.9 Å². The fourth-order valence-corrected chi connectivity index (χ4v) is 2.43. The first-order chi connectivity index (χ1) is 12.9. The Balaban J connectivity index is 1.62. The van der Waals surface area contributed by atoms with Gasteiger partial charge in [0.25, 0.3) is 0 Å². The number of nitrogens with one attached hydrogen (secondary N) is 1. The molecular weight excluding hydrogens is 359 g/mol. The third-order valence-electron chi connectivity index (χ3n) is 3.56. The molecule has 0 spiro atoms. The average molecular weight is 374 g/mol. The number of hydrogen-bond acceptors (Lipinski definition) is 6. The molecule has 0 aliphatic rings. The molecule has 27 heavy (non-hydrogen) atoms. The van der Waals surface area contributed by atoms with Crippen LogP contribution in [0.5, 0.6) is 5.88 Å². The molecule has 0 unspecified atom stereocenters. The van der Waals surface area contributed by atoms with Crippen LogP contribution in [0, 0.1) is 15.9 Å². The summed E-state index contributed by atoms with van der Waals surface area (Å²) in [5.41, 5.74) is 0.838. The highest BCUT2D eigenvalue weighted by Gasteiger charge is 2.21. The van der Waals surface area contributed by atoms with E-state index in [1.54, 1.807) is 23.0 Å². The Morgan fingerprint density at radius 3 is 2.85 bits per heavy atom. The minimum Gasteiger partial charge on any atom is -0.475 e. The van der Waals surface area contributed by atoms with Crippen molar-refractivity contribution < 1.29 is 18.8 Å². The second kappa shape index (κ2) is 7.64. The summed E-state index contributed by atoms with van der Waals surface area (Å²) in [7, 11) is 1.26. The SMILES string of the molecule is COc1nn(CC(=O)Nc2cnn(Cc3cccc(F)c3)c2)cc1[N+](=O)[O-]. The van der Waals surface area contributed by atoms with Crippen molar-refractivity contribution >= 4 is 17.3 Å². The largest absolute Gasteiger partial charge is 0.475 e. The van der Waals surface area contributed by atoms with Gasteiger partial charge in [-0.1, -0.05) is 12.1 Å². The predicted octanol–water partition coefficient (Wildman–Crippen LogP) is 1.82. The van der Waals surface area contributed by atoms with Crippen LogP contribution in [0.4, 0.5) is 15.8 Å². The first-order valence-corrected chi connectivity index (χ1v) is 7.77. The number of anilines is 1. The van der Waals surface area contributed by atoms with Gasteiger partial charge in [0, 0.05) is 6.20 Å². The van der Waals surface area contributed by atoms with Crippen LogP contribution < -0.4 is 10.1 Å². The van der Waals surface area contributed by atoms with Crippen molar-refractivity contribution in [3.05, 3.63) is 64.4 Å². The smallest absolute Gasteiger partial charge is 0.350 e. The quantitative estimate of drug-likeness (QED) is 0.498. The summed E-state index contributed by atoms with van der Waals surface area (Å²) < 4.78 is 20.7. The van der Waals surface area contributed by atoms with Crippen LogP contribution in [0.3, 0.4) is 0 Å². The summed E-state index contributed by atoms with van der Waals surface area (Å²) in [6.45, 7) is 0.107. The van der Waals surface area contributed by atoms with Crippen molar-refractivity contribution in [1.82, 2.24) is 19.6 Å². The minimum atomic E-state index is -0.642. The molecule has 0 saturated heterocycles. The summed E-state index contributed by atoms with van der Waals surface area (Å²) in [4.78, 5) is 22.3. The molecule has 0 fully saturated rings. The van der Waals surface area contributed by atoms with Gasteiger partial charge < -0.3 is 10.1 Å². The molecule has 2 aromatic heterocycles. The molecule has 140 valence electrons. The van der Waals surface area contributed by atoms with Crippen LogP contribution in [-0.4, -0.2) is 37.5 Å². The minimum absolute atomic E-state index is 0.171. The van der Waals surface area contributed by atoms with Gasteiger partial charge in [-0.3, -0.25) is 24.3 Å². The number of ether oxygens (including phenoxy) is 1. The maximum absolute atomic E-state index is 13.2. The van der Waals surface area contributed by atoms with Crippen LogP contribution in [-0.2, 0) is 17.9 Å². The van der Waals surface area contributed by atoms with Gasteiger partial charge in [-0.25, -0.2) is 4.39 Å². The van der Waals surface area contributed by atoms with E-state index in [0.717, 1.165) is 16.4 Å². The van der Waals surface area contributed by atoms with Crippen molar-refractivity contribution in [2.75, 3.05) is 12.4 Å². The number of nitrogens with zero attached hydrogens (tertiary/aromatic N) is 5. The molecule has 0 saturated carbocycles. The highest BCUT2D eigenvalue weighted by molar-refractivity contribution is 5.90. The first kappa shape index (κ1) is 18.0. The summed E-state index contributed by atoms with van der Waals surface area (Å²) in [6, 6.07) is 6.13. The lowest BCUT2D eigenvalue weighted by atomic mass is 10.2. The summed E-state index contributed by atoms with van der Waals surface area (Å²) in [6.07, 6.45) is 4.16. The van der Waals surface area contributed by atoms with Crippen molar-refractivity contribution in [1.29, 1.82) is 0 Å². The van der Waals surface area contributed by atoms with Crippen molar-refractivity contribution in [2.45, 2.75) is 13.1 Å². The lowest BCUT2D eigenvalue weighted by Crippen LogP contribution is -2.18. The van der Waals surface area contributed by atoms with E-state index in [9.17, 15) is 19.3 Å². The highest BCUT2D eigenvalue weighted by Crippen LogP contribution is 2.23. The van der Waals surface area contributed by atoms with Gasteiger partial charge >= 0.3 is 11.6 Å². The maximum Gasteiger partial charge on any atom is 0.350 e. The van der Waals surface area contributed by atoms with Crippen molar-refractivity contribution in [3.63, 3.8) is 0 Å². The fraction of sp³-hybridized carbons (Fsp3) is 0.188. The van der Waals surface area contributed by atoms with Gasteiger partial charge in [0.15, 0.2) is 0 Å². The Morgan fingerprint density at radius 2 is 2.19 bits per heavy atom. The molecule has 1 aromatic carbocycles. The van der Waals surface area contributed by atoms with Crippen LogP contribution in [0.15, 0.2) is 42.9 Å². The normalized spacial score (nSPS) is 10.6. The highest BCUT2D eigenvalue weighted by atomic mass is 19.1. The van der Waals surface area contributed by atoms with E-state index >= 15 is 0 Å². The zero-order valence-corrected chi connectivity index (χ0v) is 14.2. The molecule has 0 atom stereocenters. The van der Waals surface area contributed by atoms with E-state index in [4.69, 9.17) is 4.74 Å². The molecule has 0 bridgehead atoms. The molecule has 3 aromatic rings. The average Bonchev–Trinajstić information content (AvgIpc) is 3.21. The number of carbonyl (C=O) groups is 1. The Morgan fingerprint density at radius 1 is 1.37 bits per heavy atom. The number of methoxy groups -OCH3 is 1. The third-order valence-corrected chi connectivity index (χ3v) is 3.56. The first-order valence-electron chi connectivity index (χ1n) is 7.77. The van der Waals surface area contributed by atoms with Crippen LogP contribution in [0.2, 0.25) is 0 Å². The van der Waals surface area contributed by atoms with Gasteiger partial charge in [0.2, 0.25) is 5.91 Å². The van der Waals surface area contributed by atoms with E-state index in [1.807, 2.05) is 0 Å². The van der Waals surface area contributed by atoms with Crippen molar-refractivity contribution in [2.24, 2.45) is 0 Å². The van der Waals surface area contributed by atoms with Crippen LogP contribution >= 0.6 is 0 Å². The molecule has 3 rings (SSSR count). The number of carbonyl (C=O) groups excluding carboxylic acids is 1. The monoisotopic (exact) mass is 374 g/mol. The van der Waals surface area contributed by atoms with E-state index in [1.165, 1.54) is 25.4 Å². The summed E-state index contributed by atoms with van der Waals surface area (Å²) in [5, 5.41) is 21.4. The number of rotatable bonds is 7. The molecule has 11 heteroatoms. The molecule has 0 radical (unpaired) electrons. The number of halogens is 1. The Hall–Kier alpha value is -3.76. The second-order valence-corrected chi connectivity index (χ2v) is 5.58. The van der Waals surface area contributed by atoms with Crippen molar-refractivity contribution in [3.8, 4) is 5.88 Å². The lowest BCUT2D eigenvalue weighted by molar-refractivity contribution is -0.385. The molecule has 0 aliphatic carbocycles. The van der Waals surface area contributed by atoms with Gasteiger partial charge in [0.1, 0.15) is 18.6 Å². The van der Waals surface area contributed by atoms with Crippen LogP contribution in [0.1, 0.15) is 5.56 Å². The number of benzene rings is 1. The molecular formula is C16H15FN6O4. The van der Waals surface area contributed by atoms with Gasteiger partial charge in [0.05, 0.1) is 30.5 Å². The summed E-state index contributed by atoms with van der Waals surface area (Å²) >= 11 is 0. The fourth-order valence-electron chi connectivity index (χ4n) is 2.43. The van der Waals surface area contributed by atoms with Gasteiger partial charge in [-0.15, -0.1) is 5.10 Å². The number of amides is 1. The molecule has 0 aliphatic heterocycles. The Kier molecular flexibility index (Phi) is 5.11. The maximum atomic E-state index is 13.2. The lowest BCUT2D eigenvalue weighted by Gasteiger charge is -2.03. The van der Waals surface area contributed by atoms with Gasteiger partial charge in [-0.2, -0.15) is 5.10 Å². The molecule has 10 nitrogen and oxygen atoms in total. The van der Waals surface area contributed by atoms with Crippen LogP contribution in [0.25, 0.3) is 0 Å². The number of aromatic nitrogens is 4. The number of hydrogen-bond donors (Lipinski definition) is 1. The molecule has 1 amide bonds. The topological polar surface area (TPSA) is 117 Å². The number of nitro groups is 1. The summed E-state index contributed by atoms with van der Waals surface area (Å²) in [5.74, 6) is -0.951. The Bertz CT molecular complexity index is 983. The zero-order chi connectivity index (χ0) is 19.4. The predicted molar refractivity (Wildman–Crippen MR) is 91.8 cm³/mol. The molecule has 1 N–H and O–H groups in total. The third kappa shape index (κ3) is 4.45. The Labute approximate surface area is 152 Å². The van der Waals surface area contributed by atoms with Gasteiger partial charge in [-0.05, 0) is 17.7 Å². The standard InChI is InChI=1S/C16H15FN6O4/c1-27-16-14(23(25)26)9-22(20-16)10-15(24)19-13-6-18-21(8-13)7-11-3-2-4-12(17)5-11/h2-6,8-9H,7,10H2,1H3,(H,19,24). The van der Waals surface area contributed by atoms with E-state index < -0.39 is 10.8 Å². The van der Waals surface area contributed by atoms with E-state index in [2.05, 4.69) is 15.5 Å². The zero-order valence-electron chi connectivity index (χ0n) is 14.2. The van der Waals surface area contributed by atoms with E-state index in [0.29, 0.717) is 12.2 Å². The molecule has 2 heterocycles.